The lowest BCUT2D eigenvalue weighted by Crippen LogP contribution is -2.15. The van der Waals surface area contributed by atoms with E-state index in [4.69, 9.17) is 8.83 Å². The lowest BCUT2D eigenvalue weighted by Gasteiger charge is -2.26. The van der Waals surface area contributed by atoms with Gasteiger partial charge in [-0.15, -0.1) is 0 Å². The van der Waals surface area contributed by atoms with Crippen molar-refractivity contribution in [3.8, 4) is 44.5 Å². The minimum Gasteiger partial charge on any atom is -0.456 e. The number of anilines is 3. The fourth-order valence-electron chi connectivity index (χ4n) is 10.1. The van der Waals surface area contributed by atoms with Crippen LogP contribution in [-0.4, -0.2) is 0 Å². The van der Waals surface area contributed by atoms with E-state index >= 15 is 0 Å². The molecular formula is C59H43NO2. The third kappa shape index (κ3) is 5.73. The monoisotopic (exact) mass is 797 g/mol. The predicted molar refractivity (Wildman–Crippen MR) is 259 cm³/mol. The van der Waals surface area contributed by atoms with E-state index in [0.29, 0.717) is 0 Å². The summed E-state index contributed by atoms with van der Waals surface area (Å²) in [5.74, 6) is 0. The van der Waals surface area contributed by atoms with Crippen molar-refractivity contribution in [3.05, 3.63) is 210 Å². The van der Waals surface area contributed by atoms with Crippen LogP contribution < -0.4 is 4.90 Å². The van der Waals surface area contributed by atoms with Gasteiger partial charge in [0.1, 0.15) is 22.3 Å². The second kappa shape index (κ2) is 13.7. The number of aryl methyl sites for hydroxylation is 2. The quantitative estimate of drug-likeness (QED) is 0.168. The Kier molecular flexibility index (Phi) is 8.01. The normalized spacial score (nSPS) is 13.0. The van der Waals surface area contributed by atoms with Crippen molar-refractivity contribution in [1.82, 2.24) is 0 Å². The summed E-state index contributed by atoms with van der Waals surface area (Å²) >= 11 is 0. The Morgan fingerprint density at radius 3 is 1.47 bits per heavy atom. The standard InChI is InChI=1S/C59H43NO2/c1-36-30-37(2)58-51-35-43(20-27-52(51)59(3,4)53(58)31-36)40-10-9-11-46(32-40)60(44-23-16-38(17-24-44)41-21-28-56-49(33-41)47-12-5-7-14-54(47)61-56)45-25-18-39(19-26-45)42-22-29-57-50(34-42)48-13-6-8-15-55(48)62-57/h5-35H,1-4H3. The van der Waals surface area contributed by atoms with E-state index in [1.165, 1.54) is 44.5 Å². The molecule has 0 saturated carbocycles. The highest BCUT2D eigenvalue weighted by Crippen LogP contribution is 2.51. The fourth-order valence-corrected chi connectivity index (χ4v) is 10.1. The van der Waals surface area contributed by atoms with Crippen LogP contribution in [0.4, 0.5) is 17.1 Å². The number of para-hydroxylation sites is 2. The molecule has 2 aromatic heterocycles. The van der Waals surface area contributed by atoms with Crippen molar-refractivity contribution in [2.24, 2.45) is 0 Å². The molecule has 0 aliphatic heterocycles. The lowest BCUT2D eigenvalue weighted by molar-refractivity contribution is 0.659. The molecule has 0 unspecified atom stereocenters. The summed E-state index contributed by atoms with van der Waals surface area (Å²) in [6.45, 7) is 9.19. The van der Waals surface area contributed by atoms with Crippen molar-refractivity contribution in [2.75, 3.05) is 4.90 Å². The maximum Gasteiger partial charge on any atom is 0.135 e. The molecule has 0 spiro atoms. The van der Waals surface area contributed by atoms with Crippen LogP contribution in [0.1, 0.15) is 36.1 Å². The van der Waals surface area contributed by atoms with E-state index in [9.17, 15) is 0 Å². The summed E-state index contributed by atoms with van der Waals surface area (Å²) in [6.07, 6.45) is 0. The Bertz CT molecular complexity index is 3410. The van der Waals surface area contributed by atoms with Gasteiger partial charge < -0.3 is 13.7 Å². The Morgan fingerprint density at radius 2 is 0.871 bits per heavy atom. The third-order valence-electron chi connectivity index (χ3n) is 13.2. The molecule has 0 bridgehead atoms. The molecule has 9 aromatic carbocycles. The zero-order valence-electron chi connectivity index (χ0n) is 35.2. The van der Waals surface area contributed by atoms with Crippen LogP contribution in [0.3, 0.4) is 0 Å². The first-order chi connectivity index (χ1) is 30.3. The summed E-state index contributed by atoms with van der Waals surface area (Å²) in [7, 11) is 0. The number of hydrogen-bond donors (Lipinski definition) is 0. The molecule has 3 heteroatoms. The van der Waals surface area contributed by atoms with E-state index in [0.717, 1.165) is 83.2 Å². The first-order valence-corrected chi connectivity index (χ1v) is 21.5. The second-order valence-electron chi connectivity index (χ2n) is 17.5. The van der Waals surface area contributed by atoms with Crippen LogP contribution in [0.2, 0.25) is 0 Å². The third-order valence-corrected chi connectivity index (χ3v) is 13.2. The Balaban J connectivity index is 0.950. The van der Waals surface area contributed by atoms with Crippen LogP contribution in [0, 0.1) is 13.8 Å². The zero-order valence-corrected chi connectivity index (χ0v) is 35.2. The number of nitrogens with zero attached hydrogens (tertiary/aromatic N) is 1. The molecule has 0 fully saturated rings. The summed E-state index contributed by atoms with van der Waals surface area (Å²) in [5, 5.41) is 4.53. The van der Waals surface area contributed by atoms with Gasteiger partial charge in [0.2, 0.25) is 0 Å². The van der Waals surface area contributed by atoms with Crippen molar-refractivity contribution >= 4 is 60.9 Å². The summed E-state index contributed by atoms with van der Waals surface area (Å²) < 4.78 is 12.3. The number of rotatable bonds is 6. The largest absolute Gasteiger partial charge is 0.456 e. The van der Waals surface area contributed by atoms with Crippen molar-refractivity contribution < 1.29 is 8.83 Å². The molecule has 0 N–H and O–H groups in total. The molecule has 0 radical (unpaired) electrons. The molecule has 3 nitrogen and oxygen atoms in total. The highest BCUT2D eigenvalue weighted by molar-refractivity contribution is 6.07. The van der Waals surface area contributed by atoms with Gasteiger partial charge in [-0.25, -0.2) is 0 Å². The van der Waals surface area contributed by atoms with Crippen LogP contribution >= 0.6 is 0 Å². The first-order valence-electron chi connectivity index (χ1n) is 21.5. The van der Waals surface area contributed by atoms with Gasteiger partial charge in [0.05, 0.1) is 0 Å². The van der Waals surface area contributed by atoms with Gasteiger partial charge in [0.15, 0.2) is 0 Å². The highest BCUT2D eigenvalue weighted by Gasteiger charge is 2.36. The van der Waals surface area contributed by atoms with Gasteiger partial charge in [0.25, 0.3) is 0 Å². The lowest BCUT2D eigenvalue weighted by atomic mass is 9.81. The fraction of sp³-hybridized carbons (Fsp3) is 0.0847. The van der Waals surface area contributed by atoms with Crippen molar-refractivity contribution in [1.29, 1.82) is 0 Å². The van der Waals surface area contributed by atoms with E-state index < -0.39 is 0 Å². The molecule has 0 amide bonds. The Hall–Kier alpha value is -7.62. The molecule has 1 aliphatic rings. The van der Waals surface area contributed by atoms with Crippen LogP contribution in [-0.2, 0) is 5.41 Å². The van der Waals surface area contributed by atoms with Gasteiger partial charge in [-0.3, -0.25) is 0 Å². The van der Waals surface area contributed by atoms with E-state index in [1.807, 2.05) is 24.3 Å². The molecular weight excluding hydrogens is 755 g/mol. The molecule has 12 rings (SSSR count). The molecule has 11 aromatic rings. The topological polar surface area (TPSA) is 29.5 Å². The van der Waals surface area contributed by atoms with Gasteiger partial charge >= 0.3 is 0 Å². The number of furan rings is 2. The maximum absolute atomic E-state index is 6.15. The average Bonchev–Trinajstić information content (AvgIpc) is 3.94. The Labute approximate surface area is 361 Å². The van der Waals surface area contributed by atoms with Gasteiger partial charge in [0, 0.05) is 44.0 Å². The summed E-state index contributed by atoms with van der Waals surface area (Å²) in [6, 6.07) is 68.2. The predicted octanol–water partition coefficient (Wildman–Crippen LogP) is 16.9. The zero-order chi connectivity index (χ0) is 41.7. The minimum absolute atomic E-state index is 0.0485. The van der Waals surface area contributed by atoms with E-state index in [-0.39, 0.29) is 5.41 Å². The molecule has 296 valence electrons. The molecule has 62 heavy (non-hydrogen) atoms. The van der Waals surface area contributed by atoms with Gasteiger partial charge in [-0.05, 0) is 154 Å². The van der Waals surface area contributed by atoms with Crippen LogP contribution in [0.25, 0.3) is 88.4 Å². The second-order valence-corrected chi connectivity index (χ2v) is 17.5. The maximum atomic E-state index is 6.15. The summed E-state index contributed by atoms with van der Waals surface area (Å²) in [4.78, 5) is 2.37. The smallest absolute Gasteiger partial charge is 0.135 e. The minimum atomic E-state index is -0.0485. The SMILES string of the molecule is Cc1cc(C)c2c(c1)C(C)(C)c1ccc(-c3cccc(N(c4ccc(-c5ccc6oc7ccccc7c6c5)cc4)c4ccc(-c5ccc6oc7ccccc7c6c5)cc4)c3)cc1-2. The van der Waals surface area contributed by atoms with Crippen LogP contribution in [0.15, 0.2) is 197 Å². The van der Waals surface area contributed by atoms with E-state index in [2.05, 4.69) is 196 Å². The van der Waals surface area contributed by atoms with Crippen LogP contribution in [0.5, 0.6) is 0 Å². The first kappa shape index (κ1) is 36.2. The molecule has 2 heterocycles. The Morgan fingerprint density at radius 1 is 0.371 bits per heavy atom. The molecule has 1 aliphatic carbocycles. The van der Waals surface area contributed by atoms with Crippen molar-refractivity contribution in [3.63, 3.8) is 0 Å². The number of benzene rings is 9. The number of fused-ring (bicyclic) bond motifs is 9. The summed E-state index contributed by atoms with van der Waals surface area (Å²) in [5.41, 5.74) is 22.0. The molecule has 0 atom stereocenters. The van der Waals surface area contributed by atoms with E-state index in [1.54, 1.807) is 0 Å². The molecule has 0 saturated heterocycles. The van der Waals surface area contributed by atoms with Gasteiger partial charge in [-0.1, -0.05) is 129 Å². The number of hydrogen-bond acceptors (Lipinski definition) is 3. The highest BCUT2D eigenvalue weighted by atomic mass is 16.3. The van der Waals surface area contributed by atoms with Gasteiger partial charge in [-0.2, -0.15) is 0 Å². The van der Waals surface area contributed by atoms with Crippen molar-refractivity contribution in [2.45, 2.75) is 33.1 Å². The average molecular weight is 798 g/mol.